The number of nitrogens with one attached hydrogen (secondary N) is 1. The first-order valence-electron chi connectivity index (χ1n) is 4.07. The molecule has 0 bridgehead atoms. The van der Waals surface area contributed by atoms with Crippen molar-refractivity contribution in [2.24, 2.45) is 0 Å². The lowest BCUT2D eigenvalue weighted by molar-refractivity contribution is 0.630. The average Bonchev–Trinajstić information content (AvgIpc) is 2.18. The molecule has 2 nitrogen and oxygen atoms in total. The minimum atomic E-state index is -0.274. The smallest absolute Gasteiger partial charge is 0.132 e. The van der Waals surface area contributed by atoms with Crippen LogP contribution in [0.4, 0.5) is 4.39 Å². The van der Waals surface area contributed by atoms with Crippen LogP contribution in [0.5, 0.6) is 0 Å². The van der Waals surface area contributed by atoms with Crippen molar-refractivity contribution in [3.05, 3.63) is 47.1 Å². The minimum absolute atomic E-state index is 0.274. The lowest BCUT2D eigenvalue weighted by Gasteiger charge is -2.01. The third-order valence-corrected chi connectivity index (χ3v) is 2.07. The van der Waals surface area contributed by atoms with Gasteiger partial charge in [0.05, 0.1) is 12.0 Å². The Morgan fingerprint density at radius 3 is 2.79 bits per heavy atom. The van der Waals surface area contributed by atoms with Crippen LogP contribution in [-0.2, 0) is 0 Å². The highest BCUT2D eigenvalue weighted by Gasteiger charge is 2.03. The molecule has 0 saturated heterocycles. The first kappa shape index (κ1) is 9.02. The summed E-state index contributed by atoms with van der Waals surface area (Å²) in [4.78, 5) is 6.68. The number of nitrogens with zero attached hydrogens (tertiary/aromatic N) is 1. The fourth-order valence-corrected chi connectivity index (χ4v) is 1.37. The summed E-state index contributed by atoms with van der Waals surface area (Å²) in [5, 5.41) is 0. The molecule has 0 amide bonds. The Morgan fingerprint density at radius 1 is 1.29 bits per heavy atom. The largest absolute Gasteiger partial charge is 0.346 e. The van der Waals surface area contributed by atoms with Crippen LogP contribution in [0.1, 0.15) is 0 Å². The molecule has 0 aliphatic carbocycles. The van der Waals surface area contributed by atoms with Gasteiger partial charge in [-0.1, -0.05) is 24.4 Å². The predicted octanol–water partition coefficient (Wildman–Crippen LogP) is 2.95. The molecule has 70 valence electrons. The van der Waals surface area contributed by atoms with Crippen LogP contribution in [0.25, 0.3) is 11.3 Å². The van der Waals surface area contributed by atoms with Crippen molar-refractivity contribution in [3.63, 3.8) is 0 Å². The average molecular weight is 206 g/mol. The van der Waals surface area contributed by atoms with E-state index >= 15 is 0 Å². The van der Waals surface area contributed by atoms with Gasteiger partial charge in [0.15, 0.2) is 0 Å². The quantitative estimate of drug-likeness (QED) is 0.727. The second kappa shape index (κ2) is 3.67. The summed E-state index contributed by atoms with van der Waals surface area (Å²) >= 11 is 4.89. The maximum absolute atomic E-state index is 13.3. The van der Waals surface area contributed by atoms with E-state index in [1.807, 2.05) is 0 Å². The summed E-state index contributed by atoms with van der Waals surface area (Å²) in [6.45, 7) is 0. The summed E-state index contributed by atoms with van der Waals surface area (Å²) in [5.41, 5.74) is 1.14. The fraction of sp³-hybridized carbons (Fsp3) is 0. The van der Waals surface area contributed by atoms with Gasteiger partial charge in [0, 0.05) is 5.56 Å². The van der Waals surface area contributed by atoms with Crippen LogP contribution >= 0.6 is 12.2 Å². The van der Waals surface area contributed by atoms with Crippen molar-refractivity contribution in [2.45, 2.75) is 0 Å². The number of aromatic amines is 1. The van der Waals surface area contributed by atoms with Gasteiger partial charge in [-0.15, -0.1) is 0 Å². The normalized spacial score (nSPS) is 10.1. The van der Waals surface area contributed by atoms with Crippen LogP contribution in [-0.4, -0.2) is 9.97 Å². The zero-order valence-electron chi connectivity index (χ0n) is 7.20. The van der Waals surface area contributed by atoms with Gasteiger partial charge < -0.3 is 4.98 Å². The highest BCUT2D eigenvalue weighted by atomic mass is 32.1. The monoisotopic (exact) mass is 206 g/mol. The van der Waals surface area contributed by atoms with E-state index in [1.54, 1.807) is 24.3 Å². The van der Waals surface area contributed by atoms with Crippen molar-refractivity contribution in [3.8, 4) is 11.3 Å². The predicted molar refractivity (Wildman–Crippen MR) is 54.8 cm³/mol. The summed E-state index contributed by atoms with van der Waals surface area (Å²) < 4.78 is 13.8. The molecule has 0 saturated carbocycles. The number of halogens is 1. The van der Waals surface area contributed by atoms with Gasteiger partial charge in [-0.25, -0.2) is 9.37 Å². The molecule has 1 heterocycles. The van der Waals surface area contributed by atoms with Gasteiger partial charge in [-0.05, 0) is 18.2 Å². The molecule has 1 aromatic heterocycles. The molecule has 0 fully saturated rings. The SMILES string of the molecule is Fc1ccccc1-c1cc(=S)nc[nH]1. The molecular weight excluding hydrogens is 199 g/mol. The van der Waals surface area contributed by atoms with E-state index in [4.69, 9.17) is 12.2 Å². The Labute approximate surface area is 85.5 Å². The molecule has 1 aromatic carbocycles. The number of hydrogen-bond acceptors (Lipinski definition) is 2. The van der Waals surface area contributed by atoms with Crippen LogP contribution in [0.2, 0.25) is 0 Å². The number of hydrogen-bond donors (Lipinski definition) is 1. The molecule has 4 heteroatoms. The molecule has 0 spiro atoms. The number of aromatic nitrogens is 2. The van der Waals surface area contributed by atoms with Crippen molar-refractivity contribution in [1.29, 1.82) is 0 Å². The summed E-state index contributed by atoms with van der Waals surface area (Å²) in [7, 11) is 0. The molecule has 0 radical (unpaired) electrons. The molecule has 14 heavy (non-hydrogen) atoms. The summed E-state index contributed by atoms with van der Waals surface area (Å²) in [6.07, 6.45) is 1.46. The number of benzene rings is 1. The van der Waals surface area contributed by atoms with E-state index in [0.29, 0.717) is 15.9 Å². The Hall–Kier alpha value is -1.55. The van der Waals surface area contributed by atoms with Crippen molar-refractivity contribution >= 4 is 12.2 Å². The second-order valence-electron chi connectivity index (χ2n) is 2.78. The molecule has 0 atom stereocenters. The zero-order valence-corrected chi connectivity index (χ0v) is 8.01. The summed E-state index contributed by atoms with van der Waals surface area (Å²) in [6, 6.07) is 8.15. The second-order valence-corrected chi connectivity index (χ2v) is 3.20. The topological polar surface area (TPSA) is 28.7 Å². The highest BCUT2D eigenvalue weighted by molar-refractivity contribution is 7.71. The molecular formula is C10H7FN2S. The van der Waals surface area contributed by atoms with Crippen LogP contribution in [0, 0.1) is 10.5 Å². The third kappa shape index (κ3) is 1.70. The Kier molecular flexibility index (Phi) is 2.37. The lowest BCUT2D eigenvalue weighted by atomic mass is 10.1. The van der Waals surface area contributed by atoms with Gasteiger partial charge >= 0.3 is 0 Å². The van der Waals surface area contributed by atoms with Crippen molar-refractivity contribution in [1.82, 2.24) is 9.97 Å². The minimum Gasteiger partial charge on any atom is -0.346 e. The van der Waals surface area contributed by atoms with E-state index in [9.17, 15) is 4.39 Å². The Bertz CT molecular complexity index is 507. The Balaban J connectivity index is 2.61. The maximum Gasteiger partial charge on any atom is 0.132 e. The van der Waals surface area contributed by atoms with Crippen LogP contribution in [0.3, 0.4) is 0 Å². The number of rotatable bonds is 1. The van der Waals surface area contributed by atoms with Crippen LogP contribution < -0.4 is 0 Å². The zero-order chi connectivity index (χ0) is 9.97. The van der Waals surface area contributed by atoms with Gasteiger partial charge in [0.1, 0.15) is 10.5 Å². The first-order chi connectivity index (χ1) is 6.77. The van der Waals surface area contributed by atoms with Gasteiger partial charge in [0.2, 0.25) is 0 Å². The highest BCUT2D eigenvalue weighted by Crippen LogP contribution is 2.19. The molecule has 0 aliphatic rings. The maximum atomic E-state index is 13.3. The Morgan fingerprint density at radius 2 is 2.07 bits per heavy atom. The van der Waals surface area contributed by atoms with Gasteiger partial charge in [-0.2, -0.15) is 0 Å². The third-order valence-electron chi connectivity index (χ3n) is 1.84. The molecule has 0 aliphatic heterocycles. The van der Waals surface area contributed by atoms with Crippen LogP contribution in [0.15, 0.2) is 36.7 Å². The summed E-state index contributed by atoms with van der Waals surface area (Å²) in [5.74, 6) is -0.274. The molecule has 0 unspecified atom stereocenters. The van der Waals surface area contributed by atoms with E-state index in [2.05, 4.69) is 9.97 Å². The first-order valence-corrected chi connectivity index (χ1v) is 4.48. The van der Waals surface area contributed by atoms with Crippen molar-refractivity contribution < 1.29 is 4.39 Å². The molecule has 2 rings (SSSR count). The van der Waals surface area contributed by atoms with Crippen molar-refractivity contribution in [2.75, 3.05) is 0 Å². The molecule has 1 N–H and O–H groups in total. The standard InChI is InChI=1S/C10H7FN2S/c11-8-4-2-1-3-7(8)9-5-10(14)13-6-12-9/h1-6H,(H,12,13,14). The van der Waals surface area contributed by atoms with E-state index < -0.39 is 0 Å². The van der Waals surface area contributed by atoms with E-state index in [1.165, 1.54) is 12.4 Å². The van der Waals surface area contributed by atoms with E-state index in [-0.39, 0.29) is 5.82 Å². The lowest BCUT2D eigenvalue weighted by Crippen LogP contribution is -1.88. The fourth-order valence-electron chi connectivity index (χ4n) is 1.20. The van der Waals surface area contributed by atoms with Gasteiger partial charge in [0.25, 0.3) is 0 Å². The van der Waals surface area contributed by atoms with E-state index in [0.717, 1.165) is 0 Å². The molecule has 2 aromatic rings. The number of H-pyrrole nitrogens is 1. The van der Waals surface area contributed by atoms with Gasteiger partial charge in [-0.3, -0.25) is 0 Å².